The summed E-state index contributed by atoms with van der Waals surface area (Å²) >= 11 is 3.30. The Hall–Kier alpha value is -3.32. The Labute approximate surface area is 178 Å². The van der Waals surface area contributed by atoms with Crippen molar-refractivity contribution in [3.05, 3.63) is 58.1 Å². The molecule has 0 aliphatic rings. The van der Waals surface area contributed by atoms with Crippen molar-refractivity contribution in [2.75, 3.05) is 11.9 Å². The van der Waals surface area contributed by atoms with Gasteiger partial charge in [-0.3, -0.25) is 9.59 Å². The maximum atomic E-state index is 12.7. The van der Waals surface area contributed by atoms with Gasteiger partial charge in [0.25, 0.3) is 0 Å². The lowest BCUT2D eigenvalue weighted by Crippen LogP contribution is -2.24. The number of benzene rings is 2. The summed E-state index contributed by atoms with van der Waals surface area (Å²) in [5.41, 5.74) is 1.70. The first-order chi connectivity index (χ1) is 14.2. The van der Waals surface area contributed by atoms with Gasteiger partial charge in [0.15, 0.2) is 0 Å². The van der Waals surface area contributed by atoms with E-state index in [4.69, 9.17) is 11.2 Å². The maximum absolute atomic E-state index is 12.7. The number of carbonyl (C=O) groups is 2. The van der Waals surface area contributed by atoms with Crippen molar-refractivity contribution < 1.29 is 27.5 Å². The number of terminal acetylenes is 1. The number of hydrogen-bond donors (Lipinski definition) is 2. The van der Waals surface area contributed by atoms with Crippen LogP contribution in [-0.2, 0) is 15.8 Å². The van der Waals surface area contributed by atoms with Gasteiger partial charge in [0.1, 0.15) is 18.8 Å². The van der Waals surface area contributed by atoms with Gasteiger partial charge in [-0.25, -0.2) is 5.43 Å². The number of ether oxygens (including phenoxy) is 1. The molecular formula is C20H15BrF3N3O3. The summed E-state index contributed by atoms with van der Waals surface area (Å²) in [5, 5.41) is 5.99. The second-order valence-electron chi connectivity index (χ2n) is 5.77. The van der Waals surface area contributed by atoms with Crippen LogP contribution in [0.1, 0.15) is 17.5 Å². The van der Waals surface area contributed by atoms with Crippen molar-refractivity contribution in [2.24, 2.45) is 5.10 Å². The summed E-state index contributed by atoms with van der Waals surface area (Å²) < 4.78 is 44.2. The third kappa shape index (κ3) is 7.25. The standard InChI is InChI=1S/C20H15BrF3N3O3/c1-2-8-30-17-7-6-15(21)9-13(17)12-25-27-19(29)11-18(28)26-16-5-3-4-14(10-16)20(22,23)24/h1,3-7,9-10,12H,8,11H2,(H,26,28)(H,27,29). The van der Waals surface area contributed by atoms with E-state index in [2.05, 4.69) is 37.7 Å². The lowest BCUT2D eigenvalue weighted by atomic mass is 10.2. The topological polar surface area (TPSA) is 79.8 Å². The summed E-state index contributed by atoms with van der Waals surface area (Å²) in [6.45, 7) is 0.0462. The fraction of sp³-hybridized carbons (Fsp3) is 0.150. The van der Waals surface area contributed by atoms with E-state index in [0.717, 1.165) is 22.7 Å². The summed E-state index contributed by atoms with van der Waals surface area (Å²) in [6, 6.07) is 9.17. The van der Waals surface area contributed by atoms with Gasteiger partial charge >= 0.3 is 6.18 Å². The molecule has 0 radical (unpaired) electrons. The number of anilines is 1. The van der Waals surface area contributed by atoms with E-state index in [1.54, 1.807) is 18.2 Å². The highest BCUT2D eigenvalue weighted by Gasteiger charge is 2.30. The fourth-order valence-corrected chi connectivity index (χ4v) is 2.59. The van der Waals surface area contributed by atoms with Crippen LogP contribution in [0.5, 0.6) is 5.75 Å². The van der Waals surface area contributed by atoms with E-state index in [1.165, 1.54) is 12.3 Å². The summed E-state index contributed by atoms with van der Waals surface area (Å²) in [7, 11) is 0. The van der Waals surface area contributed by atoms with Crippen LogP contribution in [0.3, 0.4) is 0 Å². The number of hydrazone groups is 1. The van der Waals surface area contributed by atoms with Gasteiger partial charge in [-0.05, 0) is 36.4 Å². The molecule has 0 heterocycles. The zero-order valence-electron chi connectivity index (χ0n) is 15.3. The van der Waals surface area contributed by atoms with Gasteiger partial charge in [-0.15, -0.1) is 6.42 Å². The number of alkyl halides is 3. The van der Waals surface area contributed by atoms with Crippen molar-refractivity contribution in [1.82, 2.24) is 5.43 Å². The Morgan fingerprint density at radius 3 is 2.67 bits per heavy atom. The third-order valence-electron chi connectivity index (χ3n) is 3.47. The number of nitrogens with zero attached hydrogens (tertiary/aromatic N) is 1. The normalized spacial score (nSPS) is 11.0. The quantitative estimate of drug-likeness (QED) is 0.272. The molecule has 0 spiro atoms. The van der Waals surface area contributed by atoms with Crippen LogP contribution in [0.15, 0.2) is 52.0 Å². The Morgan fingerprint density at radius 1 is 1.20 bits per heavy atom. The summed E-state index contributed by atoms with van der Waals surface area (Å²) in [4.78, 5) is 23.7. The molecule has 2 rings (SSSR count). The van der Waals surface area contributed by atoms with Crippen LogP contribution in [0, 0.1) is 12.3 Å². The molecule has 2 aromatic carbocycles. The van der Waals surface area contributed by atoms with Gasteiger partial charge in [0.05, 0.1) is 11.8 Å². The molecule has 0 aliphatic heterocycles. The zero-order chi connectivity index (χ0) is 22.1. The molecule has 10 heteroatoms. The average molecular weight is 482 g/mol. The second-order valence-corrected chi connectivity index (χ2v) is 6.69. The average Bonchev–Trinajstić information content (AvgIpc) is 2.66. The monoisotopic (exact) mass is 481 g/mol. The first-order valence-electron chi connectivity index (χ1n) is 8.34. The van der Waals surface area contributed by atoms with Crippen molar-refractivity contribution in [2.45, 2.75) is 12.6 Å². The maximum Gasteiger partial charge on any atom is 0.416 e. The smallest absolute Gasteiger partial charge is 0.416 e. The summed E-state index contributed by atoms with van der Waals surface area (Å²) in [5.74, 6) is 1.23. The third-order valence-corrected chi connectivity index (χ3v) is 3.96. The van der Waals surface area contributed by atoms with Crippen LogP contribution >= 0.6 is 15.9 Å². The Kier molecular flexibility index (Phi) is 8.00. The molecule has 6 nitrogen and oxygen atoms in total. The van der Waals surface area contributed by atoms with Crippen LogP contribution in [-0.4, -0.2) is 24.6 Å². The molecule has 0 fully saturated rings. The van der Waals surface area contributed by atoms with Crippen LogP contribution < -0.4 is 15.5 Å². The Morgan fingerprint density at radius 2 is 1.97 bits per heavy atom. The Bertz CT molecular complexity index is 1000. The lowest BCUT2D eigenvalue weighted by molar-refractivity contribution is -0.137. The van der Waals surface area contributed by atoms with Crippen molar-refractivity contribution >= 4 is 39.6 Å². The predicted molar refractivity (Wildman–Crippen MR) is 109 cm³/mol. The number of nitrogens with one attached hydrogen (secondary N) is 2. The first-order valence-corrected chi connectivity index (χ1v) is 9.13. The van der Waals surface area contributed by atoms with Crippen LogP contribution in [0.2, 0.25) is 0 Å². The highest BCUT2D eigenvalue weighted by atomic mass is 79.9. The zero-order valence-corrected chi connectivity index (χ0v) is 16.9. The minimum atomic E-state index is -4.54. The molecule has 30 heavy (non-hydrogen) atoms. The fourth-order valence-electron chi connectivity index (χ4n) is 2.21. The predicted octanol–water partition coefficient (Wildman–Crippen LogP) is 3.96. The minimum Gasteiger partial charge on any atom is -0.480 e. The highest BCUT2D eigenvalue weighted by Crippen LogP contribution is 2.30. The van der Waals surface area contributed by atoms with Crippen molar-refractivity contribution in [3.63, 3.8) is 0 Å². The molecule has 0 unspecified atom stereocenters. The van der Waals surface area contributed by atoms with E-state index in [1.807, 2.05) is 0 Å². The molecule has 2 amide bonds. The van der Waals surface area contributed by atoms with E-state index in [9.17, 15) is 22.8 Å². The number of carbonyl (C=O) groups excluding carboxylic acids is 2. The molecule has 0 atom stereocenters. The first kappa shape index (κ1) is 23.0. The molecular weight excluding hydrogens is 467 g/mol. The second kappa shape index (κ2) is 10.5. The minimum absolute atomic E-state index is 0.0462. The largest absolute Gasteiger partial charge is 0.480 e. The molecule has 2 aromatic rings. The molecule has 0 saturated carbocycles. The lowest BCUT2D eigenvalue weighted by Gasteiger charge is -2.09. The molecule has 2 N–H and O–H groups in total. The number of amides is 2. The van der Waals surface area contributed by atoms with Gasteiger partial charge < -0.3 is 10.1 Å². The number of halogens is 4. The van der Waals surface area contributed by atoms with E-state index in [0.29, 0.717) is 11.3 Å². The van der Waals surface area contributed by atoms with E-state index >= 15 is 0 Å². The van der Waals surface area contributed by atoms with Gasteiger partial charge in [-0.1, -0.05) is 27.9 Å². The van der Waals surface area contributed by atoms with Gasteiger partial charge in [0, 0.05) is 15.7 Å². The summed E-state index contributed by atoms with van der Waals surface area (Å²) in [6.07, 6.45) is 1.29. The Balaban J connectivity index is 1.93. The molecule has 0 aliphatic carbocycles. The van der Waals surface area contributed by atoms with Gasteiger partial charge in [-0.2, -0.15) is 18.3 Å². The number of rotatable bonds is 7. The number of hydrogen-bond acceptors (Lipinski definition) is 4. The van der Waals surface area contributed by atoms with Crippen molar-refractivity contribution in [3.8, 4) is 18.1 Å². The molecule has 0 saturated heterocycles. The highest BCUT2D eigenvalue weighted by molar-refractivity contribution is 9.10. The van der Waals surface area contributed by atoms with Gasteiger partial charge in [0.2, 0.25) is 11.8 Å². The van der Waals surface area contributed by atoms with E-state index in [-0.39, 0.29) is 12.3 Å². The van der Waals surface area contributed by atoms with Crippen molar-refractivity contribution in [1.29, 1.82) is 0 Å². The SMILES string of the molecule is C#CCOc1ccc(Br)cc1C=NNC(=O)CC(=O)Nc1cccc(C(F)(F)F)c1. The van der Waals surface area contributed by atoms with Crippen LogP contribution in [0.4, 0.5) is 18.9 Å². The molecule has 0 bridgehead atoms. The molecule has 0 aromatic heterocycles. The van der Waals surface area contributed by atoms with Crippen LogP contribution in [0.25, 0.3) is 0 Å². The molecule has 156 valence electrons. The van der Waals surface area contributed by atoms with E-state index < -0.39 is 30.0 Å².